The number of hydrogen-bond acceptors (Lipinski definition) is 1. The Balaban J connectivity index is 2.05. The van der Waals surface area contributed by atoms with Gasteiger partial charge in [-0.1, -0.05) is 55.3 Å². The molecule has 0 spiro atoms. The topological polar surface area (TPSA) is 12.0 Å². The minimum Gasteiger partial charge on any atom is -0.377 e. The maximum Gasteiger partial charge on any atom is 0.0637 e. The van der Waals surface area contributed by atoms with Gasteiger partial charge in [0.25, 0.3) is 0 Å². The summed E-state index contributed by atoms with van der Waals surface area (Å²) in [6.45, 7) is 6.47. The minimum absolute atomic E-state index is 0.240. The van der Waals surface area contributed by atoms with Crippen LogP contribution in [0.15, 0.2) is 42.5 Å². The van der Waals surface area contributed by atoms with Gasteiger partial charge in [-0.05, 0) is 55.5 Å². The summed E-state index contributed by atoms with van der Waals surface area (Å²) >= 11 is 6.25. The highest BCUT2D eigenvalue weighted by Gasteiger charge is 2.08. The van der Waals surface area contributed by atoms with E-state index < -0.39 is 0 Å². The van der Waals surface area contributed by atoms with E-state index in [0.29, 0.717) is 0 Å². The molecule has 0 fully saturated rings. The van der Waals surface area contributed by atoms with Gasteiger partial charge in [0, 0.05) is 6.04 Å². The van der Waals surface area contributed by atoms with Crippen molar-refractivity contribution in [1.29, 1.82) is 0 Å². The van der Waals surface area contributed by atoms with Crippen LogP contribution < -0.4 is 5.32 Å². The number of halogens is 1. The molecule has 0 saturated heterocycles. The van der Waals surface area contributed by atoms with E-state index in [4.69, 9.17) is 11.6 Å². The molecule has 1 atom stereocenters. The van der Waals surface area contributed by atoms with Crippen LogP contribution in [0.4, 0.5) is 5.69 Å². The molecule has 2 rings (SSSR count). The second-order valence-corrected chi connectivity index (χ2v) is 6.10. The summed E-state index contributed by atoms with van der Waals surface area (Å²) in [4.78, 5) is 0. The zero-order chi connectivity index (χ0) is 15.2. The third-order valence-electron chi connectivity index (χ3n) is 3.79. The van der Waals surface area contributed by atoms with Crippen molar-refractivity contribution in [1.82, 2.24) is 0 Å². The molecule has 0 aliphatic rings. The molecule has 2 heteroatoms. The molecule has 0 amide bonds. The monoisotopic (exact) mass is 301 g/mol. The normalized spacial score (nSPS) is 12.2. The van der Waals surface area contributed by atoms with Gasteiger partial charge in [0.2, 0.25) is 0 Å². The van der Waals surface area contributed by atoms with Crippen molar-refractivity contribution >= 4 is 17.3 Å². The number of benzene rings is 2. The van der Waals surface area contributed by atoms with E-state index in [2.05, 4.69) is 56.4 Å². The summed E-state index contributed by atoms with van der Waals surface area (Å²) in [5.41, 5.74) is 4.91. The zero-order valence-corrected chi connectivity index (χ0v) is 13.9. The molecule has 0 heterocycles. The van der Waals surface area contributed by atoms with Gasteiger partial charge >= 0.3 is 0 Å². The van der Waals surface area contributed by atoms with E-state index in [1.54, 1.807) is 0 Å². The zero-order valence-electron chi connectivity index (χ0n) is 13.1. The van der Waals surface area contributed by atoms with E-state index in [-0.39, 0.29) is 6.04 Å². The first kappa shape index (κ1) is 15.9. The first-order valence-electron chi connectivity index (χ1n) is 7.71. The second kappa shape index (κ2) is 7.51. The number of unbranched alkanes of at least 4 members (excludes halogenated alkanes) is 1. The van der Waals surface area contributed by atoms with Crippen LogP contribution in [0.25, 0.3) is 0 Å². The van der Waals surface area contributed by atoms with E-state index in [1.165, 1.54) is 36.0 Å². The quantitative estimate of drug-likeness (QED) is 0.673. The maximum absolute atomic E-state index is 6.25. The third kappa shape index (κ3) is 4.50. The average molecular weight is 302 g/mol. The van der Waals surface area contributed by atoms with Gasteiger partial charge in [-0.25, -0.2) is 0 Å². The summed E-state index contributed by atoms with van der Waals surface area (Å²) in [6, 6.07) is 15.2. The van der Waals surface area contributed by atoms with Gasteiger partial charge in [0.15, 0.2) is 0 Å². The number of anilines is 1. The van der Waals surface area contributed by atoms with Crippen LogP contribution in [0.2, 0.25) is 5.02 Å². The number of nitrogens with one attached hydrogen (secondary N) is 1. The van der Waals surface area contributed by atoms with Crippen LogP contribution in [0, 0.1) is 6.92 Å². The van der Waals surface area contributed by atoms with Crippen LogP contribution in [0.5, 0.6) is 0 Å². The highest BCUT2D eigenvalue weighted by Crippen LogP contribution is 2.27. The van der Waals surface area contributed by atoms with Crippen molar-refractivity contribution < 1.29 is 0 Å². The SMILES string of the molecule is CCCCc1ccc(C(C)Nc2cc(C)ccc2Cl)cc1. The lowest BCUT2D eigenvalue weighted by Gasteiger charge is -2.17. The molecular weight excluding hydrogens is 278 g/mol. The Morgan fingerprint density at radius 3 is 2.48 bits per heavy atom. The van der Waals surface area contributed by atoms with E-state index in [1.807, 2.05) is 12.1 Å². The summed E-state index contributed by atoms with van der Waals surface area (Å²) in [6.07, 6.45) is 3.67. The minimum atomic E-state index is 0.240. The third-order valence-corrected chi connectivity index (χ3v) is 4.12. The second-order valence-electron chi connectivity index (χ2n) is 5.69. The van der Waals surface area contributed by atoms with Crippen LogP contribution in [0.1, 0.15) is 49.4 Å². The molecule has 0 aromatic heterocycles. The molecule has 0 bridgehead atoms. The smallest absolute Gasteiger partial charge is 0.0637 e. The Kier molecular flexibility index (Phi) is 5.69. The van der Waals surface area contributed by atoms with Crippen molar-refractivity contribution in [2.24, 2.45) is 0 Å². The average Bonchev–Trinajstić information content (AvgIpc) is 2.49. The summed E-state index contributed by atoms with van der Waals surface area (Å²) < 4.78 is 0. The molecule has 1 nitrogen and oxygen atoms in total. The largest absolute Gasteiger partial charge is 0.377 e. The fourth-order valence-corrected chi connectivity index (χ4v) is 2.59. The summed E-state index contributed by atoms with van der Waals surface area (Å²) in [7, 11) is 0. The molecule has 112 valence electrons. The maximum atomic E-state index is 6.25. The number of hydrogen-bond donors (Lipinski definition) is 1. The highest BCUT2D eigenvalue weighted by atomic mass is 35.5. The van der Waals surface area contributed by atoms with Crippen molar-refractivity contribution in [3.05, 3.63) is 64.2 Å². The lowest BCUT2D eigenvalue weighted by atomic mass is 10.0. The predicted octanol–water partition coefficient (Wildman–Crippen LogP) is 6.16. The van der Waals surface area contributed by atoms with Gasteiger partial charge < -0.3 is 5.32 Å². The predicted molar refractivity (Wildman–Crippen MR) is 93.3 cm³/mol. The molecule has 21 heavy (non-hydrogen) atoms. The molecule has 0 saturated carbocycles. The first-order valence-corrected chi connectivity index (χ1v) is 8.09. The van der Waals surface area contributed by atoms with Crippen molar-refractivity contribution in [2.45, 2.75) is 46.1 Å². The van der Waals surface area contributed by atoms with Crippen LogP contribution in [0.3, 0.4) is 0 Å². The summed E-state index contributed by atoms with van der Waals surface area (Å²) in [5, 5.41) is 4.27. The van der Waals surface area contributed by atoms with Gasteiger partial charge in [-0.2, -0.15) is 0 Å². The Labute approximate surface area is 133 Å². The Morgan fingerprint density at radius 1 is 1.10 bits per heavy atom. The molecule has 1 unspecified atom stereocenters. The lowest BCUT2D eigenvalue weighted by Crippen LogP contribution is -2.07. The van der Waals surface area contributed by atoms with E-state index >= 15 is 0 Å². The summed E-state index contributed by atoms with van der Waals surface area (Å²) in [5.74, 6) is 0. The van der Waals surface area contributed by atoms with E-state index in [9.17, 15) is 0 Å². The molecule has 2 aromatic carbocycles. The van der Waals surface area contributed by atoms with E-state index in [0.717, 1.165) is 10.7 Å². The van der Waals surface area contributed by atoms with Gasteiger partial charge in [-0.3, -0.25) is 0 Å². The van der Waals surface area contributed by atoms with Crippen molar-refractivity contribution in [3.63, 3.8) is 0 Å². The number of rotatable bonds is 6. The fourth-order valence-electron chi connectivity index (χ4n) is 2.42. The highest BCUT2D eigenvalue weighted by molar-refractivity contribution is 6.33. The van der Waals surface area contributed by atoms with Gasteiger partial charge in [0.05, 0.1) is 10.7 Å². The molecule has 0 aliphatic heterocycles. The van der Waals surface area contributed by atoms with Crippen LogP contribution in [-0.4, -0.2) is 0 Å². The molecule has 1 N–H and O–H groups in total. The lowest BCUT2D eigenvalue weighted by molar-refractivity contribution is 0.793. The molecule has 0 aliphatic carbocycles. The molecule has 2 aromatic rings. The van der Waals surface area contributed by atoms with Crippen molar-refractivity contribution in [2.75, 3.05) is 5.32 Å². The molecular formula is C19H24ClN. The Bertz CT molecular complexity index is 575. The molecule has 0 radical (unpaired) electrons. The standard InChI is InChI=1S/C19H24ClN/c1-4-5-6-16-8-10-17(11-9-16)15(3)21-19-13-14(2)7-12-18(19)20/h7-13,15,21H,4-6H2,1-3H3. The first-order chi connectivity index (χ1) is 10.1. The van der Waals surface area contributed by atoms with Crippen LogP contribution in [-0.2, 0) is 6.42 Å². The Morgan fingerprint density at radius 2 is 1.81 bits per heavy atom. The van der Waals surface area contributed by atoms with Crippen LogP contribution >= 0.6 is 11.6 Å². The fraction of sp³-hybridized carbons (Fsp3) is 0.368. The van der Waals surface area contributed by atoms with Gasteiger partial charge in [-0.15, -0.1) is 0 Å². The Hall–Kier alpha value is -1.47. The number of aryl methyl sites for hydroxylation is 2. The van der Waals surface area contributed by atoms with Gasteiger partial charge in [0.1, 0.15) is 0 Å². The van der Waals surface area contributed by atoms with Crippen molar-refractivity contribution in [3.8, 4) is 0 Å².